The smallest absolute Gasteiger partial charge is 0.244 e. The summed E-state index contributed by atoms with van der Waals surface area (Å²) >= 11 is 7.59. The molecule has 1 N–H and O–H groups in total. The quantitative estimate of drug-likeness (QED) is 0.681. The number of thiophene rings is 1. The highest BCUT2D eigenvalue weighted by Crippen LogP contribution is 2.22. The molecule has 2 rings (SSSR count). The van der Waals surface area contributed by atoms with Crippen molar-refractivity contribution in [2.75, 3.05) is 7.11 Å². The maximum Gasteiger partial charge on any atom is 0.244 e. The molecule has 2 aromatic rings. The van der Waals surface area contributed by atoms with Crippen molar-refractivity contribution in [3.8, 4) is 5.75 Å². The van der Waals surface area contributed by atoms with Gasteiger partial charge in [-0.15, -0.1) is 11.3 Å². The minimum Gasteiger partial charge on any atom is -0.497 e. The van der Waals surface area contributed by atoms with Gasteiger partial charge in [0, 0.05) is 9.90 Å². The van der Waals surface area contributed by atoms with Crippen LogP contribution in [0.1, 0.15) is 10.4 Å². The summed E-state index contributed by atoms with van der Waals surface area (Å²) in [5.41, 5.74) is 3.18. The first-order chi connectivity index (χ1) is 9.69. The molecule has 0 aliphatic carbocycles. The van der Waals surface area contributed by atoms with E-state index in [0.29, 0.717) is 16.3 Å². The third-order valence-corrected chi connectivity index (χ3v) is 3.70. The standard InChI is InChI=1S/C14H13ClN2O2S/c1-19-11-4-5-13(15)10(7-11)8-14(18)17-16-9-12-3-2-6-20-12/h2-7,9H,8H2,1H3,(H,17,18)/b16-9+. The van der Waals surface area contributed by atoms with E-state index in [0.717, 1.165) is 4.88 Å². The minimum absolute atomic E-state index is 0.151. The number of ether oxygens (including phenoxy) is 1. The summed E-state index contributed by atoms with van der Waals surface area (Å²) < 4.78 is 5.10. The number of hydrogen-bond donors (Lipinski definition) is 1. The van der Waals surface area contributed by atoms with E-state index in [9.17, 15) is 4.79 Å². The van der Waals surface area contributed by atoms with Crippen molar-refractivity contribution < 1.29 is 9.53 Å². The van der Waals surface area contributed by atoms with Gasteiger partial charge >= 0.3 is 0 Å². The van der Waals surface area contributed by atoms with Crippen LogP contribution in [0.3, 0.4) is 0 Å². The molecule has 6 heteroatoms. The van der Waals surface area contributed by atoms with E-state index in [1.807, 2.05) is 17.5 Å². The molecule has 0 bridgehead atoms. The zero-order chi connectivity index (χ0) is 14.4. The SMILES string of the molecule is COc1ccc(Cl)c(CC(=O)N/N=C/c2cccs2)c1. The number of hydrogen-bond acceptors (Lipinski definition) is 4. The monoisotopic (exact) mass is 308 g/mol. The van der Waals surface area contributed by atoms with Crippen molar-refractivity contribution in [3.05, 3.63) is 51.2 Å². The van der Waals surface area contributed by atoms with E-state index in [1.165, 1.54) is 0 Å². The summed E-state index contributed by atoms with van der Waals surface area (Å²) in [7, 11) is 1.57. The molecule has 20 heavy (non-hydrogen) atoms. The lowest BCUT2D eigenvalue weighted by Crippen LogP contribution is -2.19. The van der Waals surface area contributed by atoms with Crippen LogP contribution in [0, 0.1) is 0 Å². The first kappa shape index (κ1) is 14.6. The Hall–Kier alpha value is -1.85. The number of carbonyl (C=O) groups excluding carboxylic acids is 1. The van der Waals surface area contributed by atoms with Crippen molar-refractivity contribution in [2.24, 2.45) is 5.10 Å². The highest BCUT2D eigenvalue weighted by molar-refractivity contribution is 7.11. The van der Waals surface area contributed by atoms with Gasteiger partial charge in [0.25, 0.3) is 0 Å². The van der Waals surface area contributed by atoms with Crippen molar-refractivity contribution in [3.63, 3.8) is 0 Å². The molecule has 0 saturated heterocycles. The van der Waals surface area contributed by atoms with E-state index in [-0.39, 0.29) is 12.3 Å². The van der Waals surface area contributed by atoms with Gasteiger partial charge in [0.15, 0.2) is 0 Å². The van der Waals surface area contributed by atoms with Gasteiger partial charge in [-0.1, -0.05) is 17.7 Å². The van der Waals surface area contributed by atoms with E-state index in [4.69, 9.17) is 16.3 Å². The molecule has 104 valence electrons. The van der Waals surface area contributed by atoms with Gasteiger partial charge in [-0.25, -0.2) is 5.43 Å². The minimum atomic E-state index is -0.229. The van der Waals surface area contributed by atoms with E-state index < -0.39 is 0 Å². The van der Waals surface area contributed by atoms with Gasteiger partial charge in [-0.2, -0.15) is 5.10 Å². The lowest BCUT2D eigenvalue weighted by atomic mass is 10.1. The molecule has 1 aromatic carbocycles. The van der Waals surface area contributed by atoms with Crippen LogP contribution in [-0.4, -0.2) is 19.2 Å². The fraction of sp³-hybridized carbons (Fsp3) is 0.143. The van der Waals surface area contributed by atoms with Crippen molar-refractivity contribution in [1.29, 1.82) is 0 Å². The number of nitrogens with zero attached hydrogens (tertiary/aromatic N) is 1. The molecule has 0 aliphatic heterocycles. The Morgan fingerprint density at radius 2 is 2.35 bits per heavy atom. The van der Waals surface area contributed by atoms with Gasteiger partial charge in [0.05, 0.1) is 19.7 Å². The number of carbonyl (C=O) groups is 1. The molecule has 0 fully saturated rings. The summed E-state index contributed by atoms with van der Waals surface area (Å²) in [4.78, 5) is 12.7. The van der Waals surface area contributed by atoms with Crippen LogP contribution in [0.15, 0.2) is 40.8 Å². The molecule has 0 radical (unpaired) electrons. The first-order valence-corrected chi connectivity index (χ1v) is 7.12. The Morgan fingerprint density at radius 1 is 1.50 bits per heavy atom. The Kier molecular flexibility index (Phi) is 5.15. The maximum absolute atomic E-state index is 11.8. The van der Waals surface area contributed by atoms with Crippen LogP contribution in [0.25, 0.3) is 0 Å². The molecule has 1 heterocycles. The average molecular weight is 309 g/mol. The average Bonchev–Trinajstić information content (AvgIpc) is 2.94. The zero-order valence-electron chi connectivity index (χ0n) is 10.8. The Bertz CT molecular complexity index is 612. The molecule has 0 spiro atoms. The molecule has 1 amide bonds. The number of rotatable bonds is 5. The molecule has 0 unspecified atom stereocenters. The molecule has 1 aromatic heterocycles. The number of amides is 1. The van der Waals surface area contributed by atoms with Crippen LogP contribution in [0.5, 0.6) is 5.75 Å². The van der Waals surface area contributed by atoms with Crippen molar-refractivity contribution in [1.82, 2.24) is 5.43 Å². The number of nitrogens with one attached hydrogen (secondary N) is 1. The Balaban J connectivity index is 1.94. The Labute approximate surface area is 126 Å². The second-order valence-corrected chi connectivity index (χ2v) is 5.33. The zero-order valence-corrected chi connectivity index (χ0v) is 12.4. The van der Waals surface area contributed by atoms with Gasteiger partial charge in [-0.3, -0.25) is 4.79 Å². The van der Waals surface area contributed by atoms with Crippen molar-refractivity contribution in [2.45, 2.75) is 6.42 Å². The summed E-state index contributed by atoms with van der Waals surface area (Å²) in [6, 6.07) is 9.03. The molecule has 4 nitrogen and oxygen atoms in total. The number of benzene rings is 1. The van der Waals surface area contributed by atoms with Crippen LogP contribution in [0.2, 0.25) is 5.02 Å². The fourth-order valence-corrected chi connectivity index (χ4v) is 2.33. The summed E-state index contributed by atoms with van der Waals surface area (Å²) in [6.45, 7) is 0. The number of methoxy groups -OCH3 is 1. The largest absolute Gasteiger partial charge is 0.497 e. The van der Waals surface area contributed by atoms with Crippen LogP contribution < -0.4 is 10.2 Å². The van der Waals surface area contributed by atoms with Gasteiger partial charge in [0.1, 0.15) is 5.75 Å². The lowest BCUT2D eigenvalue weighted by molar-refractivity contribution is -0.120. The van der Waals surface area contributed by atoms with Gasteiger partial charge in [0.2, 0.25) is 5.91 Å². The molecule has 0 aliphatic rings. The third-order valence-electron chi connectivity index (χ3n) is 2.53. The van der Waals surface area contributed by atoms with Crippen LogP contribution in [0.4, 0.5) is 0 Å². The maximum atomic E-state index is 11.8. The molecular formula is C14H13ClN2O2S. The predicted octanol–water partition coefficient (Wildman–Crippen LogP) is 3.10. The molecular weight excluding hydrogens is 296 g/mol. The second-order valence-electron chi connectivity index (χ2n) is 3.94. The van der Waals surface area contributed by atoms with Gasteiger partial charge in [-0.05, 0) is 35.2 Å². The molecule has 0 saturated carbocycles. The normalized spacial score (nSPS) is 10.7. The summed E-state index contributed by atoms with van der Waals surface area (Å²) in [6.07, 6.45) is 1.76. The molecule has 0 atom stereocenters. The first-order valence-electron chi connectivity index (χ1n) is 5.87. The van der Waals surface area contributed by atoms with E-state index >= 15 is 0 Å². The van der Waals surface area contributed by atoms with Crippen LogP contribution >= 0.6 is 22.9 Å². The lowest BCUT2D eigenvalue weighted by Gasteiger charge is -2.06. The van der Waals surface area contributed by atoms with Crippen LogP contribution in [-0.2, 0) is 11.2 Å². The highest BCUT2D eigenvalue weighted by Gasteiger charge is 2.07. The topological polar surface area (TPSA) is 50.7 Å². The summed E-state index contributed by atoms with van der Waals surface area (Å²) in [5.74, 6) is 0.437. The second kappa shape index (κ2) is 7.07. The fourth-order valence-electron chi connectivity index (χ4n) is 1.56. The highest BCUT2D eigenvalue weighted by atomic mass is 35.5. The third kappa shape index (κ3) is 4.08. The number of hydrazone groups is 1. The predicted molar refractivity (Wildman–Crippen MR) is 81.8 cm³/mol. The van der Waals surface area contributed by atoms with E-state index in [1.54, 1.807) is 42.9 Å². The summed E-state index contributed by atoms with van der Waals surface area (Å²) in [5, 5.41) is 6.37. The van der Waals surface area contributed by atoms with Crippen molar-refractivity contribution >= 4 is 35.1 Å². The van der Waals surface area contributed by atoms with E-state index in [2.05, 4.69) is 10.5 Å². The number of halogens is 1. The van der Waals surface area contributed by atoms with Gasteiger partial charge < -0.3 is 4.74 Å². The Morgan fingerprint density at radius 3 is 3.05 bits per heavy atom.